The number of amides is 1. The van der Waals surface area contributed by atoms with Gasteiger partial charge in [0.05, 0.1) is 12.7 Å². The Hall–Kier alpha value is -2.73. The van der Waals surface area contributed by atoms with Crippen molar-refractivity contribution in [3.63, 3.8) is 0 Å². The van der Waals surface area contributed by atoms with Crippen LogP contribution in [0.15, 0.2) is 47.4 Å². The molecule has 1 aromatic heterocycles. The highest BCUT2D eigenvalue weighted by molar-refractivity contribution is 7.92. The smallest absolute Gasteiger partial charge is 0.264 e. The highest BCUT2D eigenvalue weighted by Gasteiger charge is 2.43. The van der Waals surface area contributed by atoms with Crippen LogP contribution < -0.4 is 15.8 Å². The number of aliphatic hydroxyl groups excluding tert-OH is 1. The minimum Gasteiger partial charge on any atom is -0.494 e. The van der Waals surface area contributed by atoms with Crippen molar-refractivity contribution >= 4 is 15.7 Å². The molecule has 1 unspecified atom stereocenters. The predicted molar refractivity (Wildman–Crippen MR) is 136 cm³/mol. The number of aryl methyl sites for hydroxylation is 1. The second-order valence-electron chi connectivity index (χ2n) is 9.44. The normalized spacial score (nSPS) is 16.9. The van der Waals surface area contributed by atoms with Gasteiger partial charge < -0.3 is 19.3 Å². The number of hydrogen-bond donors (Lipinski definition) is 3. The SMILES string of the molecule is CC(CCn1ccc(-c2ccc(OCCCN3CCC(O)CC3)cc2)cc1=O)(C(=O)NO)S(C)(=O)=O. The third-order valence-corrected chi connectivity index (χ3v) is 8.88. The first-order valence-electron chi connectivity index (χ1n) is 12.0. The Balaban J connectivity index is 1.55. The van der Waals surface area contributed by atoms with Crippen LogP contribution in [0.2, 0.25) is 0 Å². The van der Waals surface area contributed by atoms with Gasteiger partial charge in [0.15, 0.2) is 14.6 Å². The molecule has 1 amide bonds. The summed E-state index contributed by atoms with van der Waals surface area (Å²) >= 11 is 0. The lowest BCUT2D eigenvalue weighted by atomic mass is 10.1. The van der Waals surface area contributed by atoms with E-state index in [0.717, 1.165) is 56.5 Å². The van der Waals surface area contributed by atoms with Crippen LogP contribution in [0.25, 0.3) is 11.1 Å². The van der Waals surface area contributed by atoms with E-state index in [4.69, 9.17) is 9.94 Å². The lowest BCUT2D eigenvalue weighted by Gasteiger charge is -2.29. The Kier molecular flexibility index (Phi) is 9.29. The Morgan fingerprint density at radius 3 is 2.39 bits per heavy atom. The molecule has 0 spiro atoms. The van der Waals surface area contributed by atoms with Crippen LogP contribution in [0.5, 0.6) is 5.75 Å². The number of pyridine rings is 1. The summed E-state index contributed by atoms with van der Waals surface area (Å²) in [4.78, 5) is 26.9. The van der Waals surface area contributed by atoms with Gasteiger partial charge in [-0.15, -0.1) is 0 Å². The molecular weight excluding hydrogens is 486 g/mol. The van der Waals surface area contributed by atoms with Crippen LogP contribution in [-0.4, -0.2) is 77.5 Å². The van der Waals surface area contributed by atoms with Gasteiger partial charge in [-0.05, 0) is 61.9 Å². The van der Waals surface area contributed by atoms with Crippen LogP contribution in [0.3, 0.4) is 0 Å². The number of aromatic nitrogens is 1. The number of carbonyl (C=O) groups excluding carboxylic acids is 1. The Morgan fingerprint density at radius 2 is 1.81 bits per heavy atom. The molecule has 0 radical (unpaired) electrons. The summed E-state index contributed by atoms with van der Waals surface area (Å²) in [5.41, 5.74) is 2.60. The molecule has 3 N–H and O–H groups in total. The van der Waals surface area contributed by atoms with Crippen molar-refractivity contribution < 1.29 is 28.3 Å². The number of rotatable bonds is 11. The number of piperidine rings is 1. The molecule has 1 saturated heterocycles. The fourth-order valence-electron chi connectivity index (χ4n) is 4.16. The molecule has 2 aromatic rings. The molecule has 36 heavy (non-hydrogen) atoms. The number of hydrogen-bond acceptors (Lipinski definition) is 8. The Bertz CT molecular complexity index is 1190. The van der Waals surface area contributed by atoms with E-state index in [-0.39, 0.29) is 24.6 Å². The molecule has 2 heterocycles. The van der Waals surface area contributed by atoms with Crippen LogP contribution in [0.1, 0.15) is 32.6 Å². The van der Waals surface area contributed by atoms with Gasteiger partial charge in [0.1, 0.15) is 5.75 Å². The molecule has 1 aliphatic rings. The fourth-order valence-corrected chi connectivity index (χ4v) is 5.00. The predicted octanol–water partition coefficient (Wildman–Crippen LogP) is 1.44. The summed E-state index contributed by atoms with van der Waals surface area (Å²) in [7, 11) is -3.84. The van der Waals surface area contributed by atoms with Crippen molar-refractivity contribution in [2.45, 2.75) is 50.0 Å². The molecule has 0 aliphatic carbocycles. The average Bonchev–Trinajstić information content (AvgIpc) is 2.86. The van der Waals surface area contributed by atoms with E-state index >= 15 is 0 Å². The van der Waals surface area contributed by atoms with Gasteiger partial charge in [0.25, 0.3) is 11.5 Å². The highest BCUT2D eigenvalue weighted by atomic mass is 32.2. The summed E-state index contributed by atoms with van der Waals surface area (Å²) in [6.45, 7) is 4.58. The Labute approximate surface area is 211 Å². The number of sulfone groups is 1. The lowest BCUT2D eigenvalue weighted by Crippen LogP contribution is -2.49. The van der Waals surface area contributed by atoms with E-state index in [0.29, 0.717) is 12.2 Å². The third-order valence-electron chi connectivity index (χ3n) is 6.86. The summed E-state index contributed by atoms with van der Waals surface area (Å²) < 4.78 is 29.5. The van der Waals surface area contributed by atoms with Crippen LogP contribution in [-0.2, 0) is 21.2 Å². The minimum absolute atomic E-state index is 0.0130. The quantitative estimate of drug-likeness (QED) is 0.229. The summed E-state index contributed by atoms with van der Waals surface area (Å²) in [5.74, 6) is -0.299. The van der Waals surface area contributed by atoms with Gasteiger partial charge in [-0.25, -0.2) is 13.9 Å². The molecule has 1 aromatic carbocycles. The number of carbonyl (C=O) groups is 1. The van der Waals surface area contributed by atoms with E-state index < -0.39 is 20.5 Å². The average molecular weight is 522 g/mol. The number of aliphatic hydroxyl groups is 1. The molecule has 3 rings (SSSR count). The molecule has 1 fully saturated rings. The molecule has 11 heteroatoms. The number of nitrogens with one attached hydrogen (secondary N) is 1. The molecule has 1 aliphatic heterocycles. The molecular formula is C25H35N3O7S. The van der Waals surface area contributed by atoms with Crippen molar-refractivity contribution in [1.29, 1.82) is 0 Å². The Morgan fingerprint density at radius 1 is 1.14 bits per heavy atom. The summed E-state index contributed by atoms with van der Waals surface area (Å²) in [5, 5.41) is 18.5. The van der Waals surface area contributed by atoms with Crippen molar-refractivity contribution in [2.24, 2.45) is 0 Å². The first-order chi connectivity index (χ1) is 17.0. The van der Waals surface area contributed by atoms with Gasteiger partial charge in [-0.3, -0.25) is 14.8 Å². The van der Waals surface area contributed by atoms with Crippen LogP contribution in [0, 0.1) is 0 Å². The minimum atomic E-state index is -3.84. The number of nitrogens with zero attached hydrogens (tertiary/aromatic N) is 2. The zero-order chi connectivity index (χ0) is 26.3. The first-order valence-corrected chi connectivity index (χ1v) is 13.9. The lowest BCUT2D eigenvalue weighted by molar-refractivity contribution is -0.131. The second-order valence-corrected chi connectivity index (χ2v) is 11.9. The molecule has 0 bridgehead atoms. The number of likely N-dealkylation sites (tertiary alicyclic amines) is 1. The molecule has 198 valence electrons. The zero-order valence-corrected chi connectivity index (χ0v) is 21.5. The van der Waals surface area contributed by atoms with E-state index in [1.165, 1.54) is 23.0 Å². The van der Waals surface area contributed by atoms with Gasteiger partial charge in [-0.1, -0.05) is 12.1 Å². The van der Waals surface area contributed by atoms with Gasteiger partial charge >= 0.3 is 0 Å². The fraction of sp³-hybridized carbons (Fsp3) is 0.520. The topological polar surface area (TPSA) is 138 Å². The zero-order valence-electron chi connectivity index (χ0n) is 20.7. The van der Waals surface area contributed by atoms with Crippen molar-refractivity contribution in [3.05, 3.63) is 52.9 Å². The molecule has 1 atom stereocenters. The van der Waals surface area contributed by atoms with Crippen molar-refractivity contribution in [3.8, 4) is 16.9 Å². The standard InChI is InChI=1S/C25H35N3O7S/c1-25(24(31)26-32,36(2,33)34)11-16-28-15-8-20(18-23(28)30)19-4-6-22(7-5-19)35-17-3-12-27-13-9-21(29)10-14-27/h4-8,15,18,21,29,32H,3,9-14,16-17H2,1-2H3,(H,26,31). The summed E-state index contributed by atoms with van der Waals surface area (Å²) in [6.07, 6.45) is 4.68. The monoisotopic (exact) mass is 521 g/mol. The maximum Gasteiger partial charge on any atom is 0.264 e. The van der Waals surface area contributed by atoms with Crippen LogP contribution >= 0.6 is 0 Å². The first kappa shape index (κ1) is 27.9. The van der Waals surface area contributed by atoms with Gasteiger partial charge in [-0.2, -0.15) is 0 Å². The number of benzene rings is 1. The van der Waals surface area contributed by atoms with Crippen molar-refractivity contribution in [1.82, 2.24) is 14.9 Å². The second kappa shape index (κ2) is 12.0. The van der Waals surface area contributed by atoms with E-state index in [1.54, 1.807) is 12.3 Å². The van der Waals surface area contributed by atoms with Gasteiger partial charge in [0, 0.05) is 44.7 Å². The maximum atomic E-state index is 12.6. The van der Waals surface area contributed by atoms with E-state index in [2.05, 4.69) is 4.90 Å². The van der Waals surface area contributed by atoms with E-state index in [9.17, 15) is 23.1 Å². The molecule has 0 saturated carbocycles. The summed E-state index contributed by atoms with van der Waals surface area (Å²) in [6, 6.07) is 10.6. The third kappa shape index (κ3) is 6.94. The molecule has 10 nitrogen and oxygen atoms in total. The number of ether oxygens (including phenoxy) is 1. The maximum absolute atomic E-state index is 12.6. The van der Waals surface area contributed by atoms with Crippen LogP contribution in [0.4, 0.5) is 0 Å². The van der Waals surface area contributed by atoms with E-state index in [1.807, 2.05) is 24.3 Å². The van der Waals surface area contributed by atoms with Gasteiger partial charge in [0.2, 0.25) is 0 Å². The number of hydroxylamine groups is 1. The largest absolute Gasteiger partial charge is 0.494 e. The highest BCUT2D eigenvalue weighted by Crippen LogP contribution is 2.24. The van der Waals surface area contributed by atoms with Crippen molar-refractivity contribution in [2.75, 3.05) is 32.5 Å².